The van der Waals surface area contributed by atoms with Crippen molar-refractivity contribution >= 4 is 24.0 Å². The summed E-state index contributed by atoms with van der Waals surface area (Å²) in [6.07, 6.45) is 0. The number of nitrogens with one attached hydrogen (secondary N) is 2. The van der Waals surface area contributed by atoms with E-state index >= 15 is 0 Å². The predicted octanol–water partition coefficient (Wildman–Crippen LogP) is 1.27. The maximum Gasteiger partial charge on any atom is 0.269 e. The molecule has 0 bridgehead atoms. The molecule has 19 heavy (non-hydrogen) atoms. The lowest BCUT2D eigenvalue weighted by Gasteiger charge is -2.27. The SMILES string of the molecule is Cc1cc([N+](=O)[O-])ccc1C(=O)NCC1CNC1.Cl. The summed E-state index contributed by atoms with van der Waals surface area (Å²) in [6, 6.07) is 4.27. The summed E-state index contributed by atoms with van der Waals surface area (Å²) in [7, 11) is 0. The van der Waals surface area contributed by atoms with Crippen LogP contribution in [0.3, 0.4) is 0 Å². The maximum atomic E-state index is 11.9. The second kappa shape index (κ2) is 6.49. The Hall–Kier alpha value is -1.66. The third kappa shape index (κ3) is 3.65. The topological polar surface area (TPSA) is 84.3 Å². The van der Waals surface area contributed by atoms with Crippen LogP contribution in [0.1, 0.15) is 15.9 Å². The molecule has 7 heteroatoms. The molecule has 0 aromatic heterocycles. The van der Waals surface area contributed by atoms with Gasteiger partial charge in [0.2, 0.25) is 0 Å². The minimum Gasteiger partial charge on any atom is -0.352 e. The van der Waals surface area contributed by atoms with Gasteiger partial charge >= 0.3 is 0 Å². The number of rotatable bonds is 4. The molecule has 6 nitrogen and oxygen atoms in total. The first-order valence-corrected chi connectivity index (χ1v) is 5.82. The lowest BCUT2D eigenvalue weighted by atomic mass is 10.0. The molecule has 0 radical (unpaired) electrons. The molecule has 1 aliphatic rings. The van der Waals surface area contributed by atoms with Gasteiger partial charge in [0, 0.05) is 43.2 Å². The van der Waals surface area contributed by atoms with E-state index in [1.165, 1.54) is 18.2 Å². The van der Waals surface area contributed by atoms with E-state index < -0.39 is 4.92 Å². The summed E-state index contributed by atoms with van der Waals surface area (Å²) in [6.45, 7) is 4.20. The Bertz CT molecular complexity index is 489. The number of aryl methyl sites for hydroxylation is 1. The van der Waals surface area contributed by atoms with Gasteiger partial charge in [0.1, 0.15) is 0 Å². The van der Waals surface area contributed by atoms with Crippen LogP contribution in [0.15, 0.2) is 18.2 Å². The summed E-state index contributed by atoms with van der Waals surface area (Å²) in [5, 5.41) is 16.6. The molecule has 1 saturated heterocycles. The molecule has 104 valence electrons. The zero-order valence-electron chi connectivity index (χ0n) is 10.5. The number of amides is 1. The van der Waals surface area contributed by atoms with Gasteiger partial charge in [-0.3, -0.25) is 14.9 Å². The van der Waals surface area contributed by atoms with Crippen molar-refractivity contribution in [2.75, 3.05) is 19.6 Å². The van der Waals surface area contributed by atoms with E-state index in [0.29, 0.717) is 23.6 Å². The molecule has 1 fully saturated rings. The number of nitro benzene ring substituents is 1. The number of halogens is 1. The first kappa shape index (κ1) is 15.4. The summed E-state index contributed by atoms with van der Waals surface area (Å²) >= 11 is 0. The highest BCUT2D eigenvalue weighted by molar-refractivity contribution is 5.95. The molecule has 1 aromatic carbocycles. The van der Waals surface area contributed by atoms with Crippen molar-refractivity contribution in [1.29, 1.82) is 0 Å². The Morgan fingerprint density at radius 1 is 1.53 bits per heavy atom. The van der Waals surface area contributed by atoms with Gasteiger partial charge in [-0.2, -0.15) is 0 Å². The fourth-order valence-corrected chi connectivity index (χ4v) is 1.84. The van der Waals surface area contributed by atoms with Gasteiger partial charge in [-0.15, -0.1) is 12.4 Å². The number of carbonyl (C=O) groups is 1. The molecule has 2 N–H and O–H groups in total. The second-order valence-corrected chi connectivity index (χ2v) is 4.49. The second-order valence-electron chi connectivity index (χ2n) is 4.49. The normalized spacial score (nSPS) is 14.2. The predicted molar refractivity (Wildman–Crippen MR) is 73.8 cm³/mol. The van der Waals surface area contributed by atoms with Crippen molar-refractivity contribution in [2.45, 2.75) is 6.92 Å². The average molecular weight is 286 g/mol. The third-order valence-electron chi connectivity index (χ3n) is 3.08. The van der Waals surface area contributed by atoms with Gasteiger partial charge in [0.25, 0.3) is 11.6 Å². The van der Waals surface area contributed by atoms with Crippen molar-refractivity contribution < 1.29 is 9.72 Å². The van der Waals surface area contributed by atoms with Gasteiger partial charge in [0.05, 0.1) is 4.92 Å². The summed E-state index contributed by atoms with van der Waals surface area (Å²) in [5.41, 5.74) is 1.12. The zero-order chi connectivity index (χ0) is 13.1. The van der Waals surface area contributed by atoms with Crippen LogP contribution in [-0.2, 0) is 0 Å². The van der Waals surface area contributed by atoms with Gasteiger partial charge in [0.15, 0.2) is 0 Å². The fraction of sp³-hybridized carbons (Fsp3) is 0.417. The lowest BCUT2D eigenvalue weighted by Crippen LogP contribution is -2.48. The number of carbonyl (C=O) groups excluding carboxylic acids is 1. The van der Waals surface area contributed by atoms with E-state index in [-0.39, 0.29) is 24.0 Å². The van der Waals surface area contributed by atoms with Gasteiger partial charge in [-0.05, 0) is 18.6 Å². The Labute approximate surface area is 117 Å². The molecule has 0 saturated carbocycles. The Balaban J connectivity index is 0.00000180. The van der Waals surface area contributed by atoms with Crippen LogP contribution in [0, 0.1) is 23.0 Å². The number of nitrogens with zero attached hydrogens (tertiary/aromatic N) is 1. The highest BCUT2D eigenvalue weighted by Gasteiger charge is 2.18. The van der Waals surface area contributed by atoms with Crippen molar-refractivity contribution in [2.24, 2.45) is 5.92 Å². The van der Waals surface area contributed by atoms with E-state index in [4.69, 9.17) is 0 Å². The van der Waals surface area contributed by atoms with E-state index in [1.54, 1.807) is 6.92 Å². The molecule has 0 spiro atoms. The first-order valence-electron chi connectivity index (χ1n) is 5.82. The summed E-state index contributed by atoms with van der Waals surface area (Å²) in [5.74, 6) is 0.321. The highest BCUT2D eigenvalue weighted by atomic mass is 35.5. The molecule has 0 unspecified atom stereocenters. The Morgan fingerprint density at radius 2 is 2.21 bits per heavy atom. The smallest absolute Gasteiger partial charge is 0.269 e. The number of hydrogen-bond acceptors (Lipinski definition) is 4. The van der Waals surface area contributed by atoms with Crippen LogP contribution in [0.4, 0.5) is 5.69 Å². The Morgan fingerprint density at radius 3 is 2.68 bits per heavy atom. The summed E-state index contributed by atoms with van der Waals surface area (Å²) < 4.78 is 0. The number of benzene rings is 1. The van der Waals surface area contributed by atoms with Crippen LogP contribution < -0.4 is 10.6 Å². The van der Waals surface area contributed by atoms with Crippen molar-refractivity contribution in [1.82, 2.24) is 10.6 Å². The fourth-order valence-electron chi connectivity index (χ4n) is 1.84. The largest absolute Gasteiger partial charge is 0.352 e. The molecule has 0 aliphatic carbocycles. The number of hydrogen-bond donors (Lipinski definition) is 2. The lowest BCUT2D eigenvalue weighted by molar-refractivity contribution is -0.384. The van der Waals surface area contributed by atoms with Gasteiger partial charge < -0.3 is 10.6 Å². The molecule has 2 rings (SSSR count). The first-order chi connectivity index (χ1) is 8.58. The molecule has 1 amide bonds. The Kier molecular flexibility index (Phi) is 5.26. The van der Waals surface area contributed by atoms with Gasteiger partial charge in [-0.25, -0.2) is 0 Å². The van der Waals surface area contributed by atoms with E-state index in [1.807, 2.05) is 0 Å². The molecule has 0 atom stereocenters. The van der Waals surface area contributed by atoms with Crippen LogP contribution >= 0.6 is 12.4 Å². The monoisotopic (exact) mass is 285 g/mol. The van der Waals surface area contributed by atoms with Gasteiger partial charge in [-0.1, -0.05) is 0 Å². The van der Waals surface area contributed by atoms with Crippen molar-refractivity contribution in [3.63, 3.8) is 0 Å². The standard InChI is InChI=1S/C12H15N3O3.ClH/c1-8-4-10(15(17)18)2-3-11(8)12(16)14-7-9-5-13-6-9;/h2-4,9,13H,5-7H2,1H3,(H,14,16);1H. The molecular formula is C12H16ClN3O3. The molecule has 1 aromatic rings. The molecular weight excluding hydrogens is 270 g/mol. The minimum absolute atomic E-state index is 0. The maximum absolute atomic E-state index is 11.9. The number of nitro groups is 1. The number of non-ortho nitro benzene ring substituents is 1. The minimum atomic E-state index is -0.464. The molecule has 1 aliphatic heterocycles. The van der Waals surface area contributed by atoms with Crippen LogP contribution in [0.25, 0.3) is 0 Å². The molecule has 1 heterocycles. The van der Waals surface area contributed by atoms with Crippen molar-refractivity contribution in [3.8, 4) is 0 Å². The van der Waals surface area contributed by atoms with Crippen molar-refractivity contribution in [3.05, 3.63) is 39.4 Å². The zero-order valence-corrected chi connectivity index (χ0v) is 11.3. The third-order valence-corrected chi connectivity index (χ3v) is 3.08. The van der Waals surface area contributed by atoms with Crippen LogP contribution in [0.2, 0.25) is 0 Å². The van der Waals surface area contributed by atoms with E-state index in [0.717, 1.165) is 13.1 Å². The van der Waals surface area contributed by atoms with Crippen LogP contribution in [0.5, 0.6) is 0 Å². The highest BCUT2D eigenvalue weighted by Crippen LogP contribution is 2.17. The van der Waals surface area contributed by atoms with Crippen LogP contribution in [-0.4, -0.2) is 30.5 Å². The van der Waals surface area contributed by atoms with E-state index in [2.05, 4.69) is 10.6 Å². The quantitative estimate of drug-likeness (QED) is 0.644. The average Bonchev–Trinajstić information content (AvgIpc) is 2.26. The van der Waals surface area contributed by atoms with E-state index in [9.17, 15) is 14.9 Å². The summed E-state index contributed by atoms with van der Waals surface area (Å²) in [4.78, 5) is 22.0.